The summed E-state index contributed by atoms with van der Waals surface area (Å²) >= 11 is 0. The number of oxazole rings is 1. The first kappa shape index (κ1) is 17.2. The molecule has 0 spiro atoms. The molecule has 132 valence electrons. The van der Waals surface area contributed by atoms with Gasteiger partial charge in [0.1, 0.15) is 5.76 Å². The van der Waals surface area contributed by atoms with Crippen molar-refractivity contribution < 1.29 is 23.5 Å². The molecule has 1 atom stereocenters. The number of esters is 1. The number of aryl methyl sites for hydroxylation is 1. The lowest BCUT2D eigenvalue weighted by Gasteiger charge is -2.10. The number of benzene rings is 1. The summed E-state index contributed by atoms with van der Waals surface area (Å²) in [6.45, 7) is 2.42. The summed E-state index contributed by atoms with van der Waals surface area (Å²) in [5, 5.41) is 2.69. The number of carbonyl (C=O) groups is 2. The van der Waals surface area contributed by atoms with Crippen LogP contribution in [0.25, 0.3) is 11.5 Å². The maximum atomic E-state index is 12.1. The van der Waals surface area contributed by atoms with E-state index in [1.165, 1.54) is 0 Å². The summed E-state index contributed by atoms with van der Waals surface area (Å²) in [6, 6.07) is 9.25. The Morgan fingerprint density at radius 1 is 1.32 bits per heavy atom. The van der Waals surface area contributed by atoms with E-state index in [1.807, 2.05) is 30.3 Å². The van der Waals surface area contributed by atoms with Crippen molar-refractivity contribution in [2.45, 2.75) is 25.9 Å². The van der Waals surface area contributed by atoms with Crippen molar-refractivity contribution in [2.75, 3.05) is 19.8 Å². The molecule has 1 aromatic heterocycles. The minimum atomic E-state index is -0.685. The van der Waals surface area contributed by atoms with Gasteiger partial charge in [0.05, 0.1) is 6.10 Å². The Morgan fingerprint density at radius 2 is 2.12 bits per heavy atom. The molecule has 7 nitrogen and oxygen atoms in total. The van der Waals surface area contributed by atoms with Gasteiger partial charge in [-0.05, 0) is 31.9 Å². The first-order chi connectivity index (χ1) is 12.1. The van der Waals surface area contributed by atoms with Crippen molar-refractivity contribution in [3.63, 3.8) is 0 Å². The molecule has 0 radical (unpaired) electrons. The Morgan fingerprint density at radius 3 is 2.84 bits per heavy atom. The van der Waals surface area contributed by atoms with E-state index in [-0.39, 0.29) is 24.3 Å². The molecule has 3 rings (SSSR count). The van der Waals surface area contributed by atoms with Crippen molar-refractivity contribution in [3.05, 3.63) is 41.8 Å². The third kappa shape index (κ3) is 4.45. The van der Waals surface area contributed by atoms with Crippen molar-refractivity contribution in [3.8, 4) is 11.5 Å². The molecule has 0 saturated carbocycles. The molecule has 1 aliphatic heterocycles. The number of rotatable bonds is 6. The molecule has 1 aliphatic rings. The Bertz CT molecular complexity index is 735. The maximum Gasteiger partial charge on any atom is 0.361 e. The third-order valence-electron chi connectivity index (χ3n) is 3.90. The van der Waals surface area contributed by atoms with Gasteiger partial charge in [0.15, 0.2) is 12.3 Å². The second-order valence-electron chi connectivity index (χ2n) is 5.81. The zero-order chi connectivity index (χ0) is 17.6. The molecule has 2 aromatic rings. The molecule has 25 heavy (non-hydrogen) atoms. The first-order valence-corrected chi connectivity index (χ1v) is 8.22. The number of hydrogen-bond acceptors (Lipinski definition) is 6. The molecule has 0 bridgehead atoms. The van der Waals surface area contributed by atoms with Crippen LogP contribution in [0.2, 0.25) is 0 Å². The quantitative estimate of drug-likeness (QED) is 0.807. The van der Waals surface area contributed by atoms with E-state index in [9.17, 15) is 9.59 Å². The number of nitrogens with zero attached hydrogens (tertiary/aromatic N) is 1. The lowest BCUT2D eigenvalue weighted by Crippen LogP contribution is -2.34. The van der Waals surface area contributed by atoms with Gasteiger partial charge in [0.25, 0.3) is 5.91 Å². The van der Waals surface area contributed by atoms with Crippen molar-refractivity contribution >= 4 is 11.9 Å². The Balaban J connectivity index is 1.52. The number of aromatic nitrogens is 1. The van der Waals surface area contributed by atoms with E-state index in [0.29, 0.717) is 18.2 Å². The smallest absolute Gasteiger partial charge is 0.361 e. The second-order valence-corrected chi connectivity index (χ2v) is 5.81. The van der Waals surface area contributed by atoms with Crippen LogP contribution in [-0.4, -0.2) is 42.7 Å². The molecule has 1 amide bonds. The van der Waals surface area contributed by atoms with Crippen LogP contribution in [0.1, 0.15) is 29.1 Å². The number of carbonyl (C=O) groups excluding carboxylic acids is 2. The van der Waals surface area contributed by atoms with Crippen LogP contribution >= 0.6 is 0 Å². The summed E-state index contributed by atoms with van der Waals surface area (Å²) in [5.41, 5.74) is 0.838. The van der Waals surface area contributed by atoms with E-state index in [4.69, 9.17) is 13.9 Å². The summed E-state index contributed by atoms with van der Waals surface area (Å²) in [5.74, 6) is -0.361. The molecule has 1 saturated heterocycles. The highest BCUT2D eigenvalue weighted by molar-refractivity contribution is 5.90. The second kappa shape index (κ2) is 7.94. The highest BCUT2D eigenvalue weighted by Crippen LogP contribution is 2.21. The lowest BCUT2D eigenvalue weighted by molar-refractivity contribution is -0.124. The largest absolute Gasteiger partial charge is 0.451 e. The number of amides is 1. The van der Waals surface area contributed by atoms with Gasteiger partial charge >= 0.3 is 5.97 Å². The molecule has 1 fully saturated rings. The van der Waals surface area contributed by atoms with Crippen LogP contribution in [0.3, 0.4) is 0 Å². The summed E-state index contributed by atoms with van der Waals surface area (Å²) < 4.78 is 15.9. The van der Waals surface area contributed by atoms with Crippen molar-refractivity contribution in [2.24, 2.45) is 0 Å². The van der Waals surface area contributed by atoms with Gasteiger partial charge in [-0.2, -0.15) is 0 Å². The molecule has 0 unspecified atom stereocenters. The van der Waals surface area contributed by atoms with E-state index >= 15 is 0 Å². The monoisotopic (exact) mass is 344 g/mol. The summed E-state index contributed by atoms with van der Waals surface area (Å²) in [4.78, 5) is 28.1. The summed E-state index contributed by atoms with van der Waals surface area (Å²) in [6.07, 6.45) is 1.98. The van der Waals surface area contributed by atoms with Crippen molar-refractivity contribution in [1.82, 2.24) is 10.3 Å². The molecule has 7 heteroatoms. The fourth-order valence-corrected chi connectivity index (χ4v) is 2.57. The van der Waals surface area contributed by atoms with Crippen LogP contribution in [0.4, 0.5) is 0 Å². The first-order valence-electron chi connectivity index (χ1n) is 8.22. The number of nitrogens with one attached hydrogen (secondary N) is 1. The van der Waals surface area contributed by atoms with E-state index < -0.39 is 5.97 Å². The zero-order valence-electron chi connectivity index (χ0n) is 14.0. The number of hydrogen-bond donors (Lipinski definition) is 1. The molecule has 1 N–H and O–H groups in total. The van der Waals surface area contributed by atoms with Gasteiger partial charge < -0.3 is 19.2 Å². The zero-order valence-corrected chi connectivity index (χ0v) is 14.0. The minimum absolute atomic E-state index is 0.0471. The molecule has 0 aliphatic carbocycles. The van der Waals surface area contributed by atoms with Crippen LogP contribution < -0.4 is 5.32 Å². The van der Waals surface area contributed by atoms with Gasteiger partial charge in [-0.25, -0.2) is 9.78 Å². The predicted molar refractivity (Wildman–Crippen MR) is 88.9 cm³/mol. The minimum Gasteiger partial charge on any atom is -0.451 e. The van der Waals surface area contributed by atoms with Crippen LogP contribution in [0.5, 0.6) is 0 Å². The van der Waals surface area contributed by atoms with E-state index in [0.717, 1.165) is 25.0 Å². The Labute approximate surface area is 145 Å². The third-order valence-corrected chi connectivity index (χ3v) is 3.90. The van der Waals surface area contributed by atoms with E-state index in [2.05, 4.69) is 10.3 Å². The fourth-order valence-electron chi connectivity index (χ4n) is 2.57. The average Bonchev–Trinajstić information content (AvgIpc) is 3.28. The average molecular weight is 344 g/mol. The van der Waals surface area contributed by atoms with Crippen molar-refractivity contribution in [1.29, 1.82) is 0 Å². The standard InChI is InChI=1S/C18H20N2O5/c1-12-16(20-17(25-12)13-6-3-2-4-7-13)18(22)24-11-15(21)19-10-14-8-5-9-23-14/h2-4,6-7,14H,5,8-11H2,1H3,(H,19,21)/t14-/m0/s1. The molecule has 1 aromatic carbocycles. The highest BCUT2D eigenvalue weighted by Gasteiger charge is 2.21. The summed E-state index contributed by atoms with van der Waals surface area (Å²) in [7, 11) is 0. The number of ether oxygens (including phenoxy) is 2. The van der Waals surface area contributed by atoms with Crippen LogP contribution in [0, 0.1) is 6.92 Å². The Kier molecular flexibility index (Phi) is 5.45. The van der Waals surface area contributed by atoms with Gasteiger partial charge in [0, 0.05) is 18.7 Å². The maximum absolute atomic E-state index is 12.1. The molecular weight excluding hydrogens is 324 g/mol. The van der Waals surface area contributed by atoms with E-state index in [1.54, 1.807) is 6.92 Å². The molecule has 2 heterocycles. The molecular formula is C18H20N2O5. The van der Waals surface area contributed by atoms with Gasteiger partial charge in [0.2, 0.25) is 5.89 Å². The van der Waals surface area contributed by atoms with Gasteiger partial charge in [-0.1, -0.05) is 18.2 Å². The fraction of sp³-hybridized carbons (Fsp3) is 0.389. The van der Waals surface area contributed by atoms with Crippen LogP contribution in [-0.2, 0) is 14.3 Å². The normalized spacial score (nSPS) is 16.6. The Hall–Kier alpha value is -2.67. The highest BCUT2D eigenvalue weighted by atomic mass is 16.5. The topological polar surface area (TPSA) is 90.7 Å². The predicted octanol–water partition coefficient (Wildman–Crippen LogP) is 2.10. The lowest BCUT2D eigenvalue weighted by atomic mass is 10.2. The SMILES string of the molecule is Cc1oc(-c2ccccc2)nc1C(=O)OCC(=O)NC[C@@H]1CCCO1. The van der Waals surface area contributed by atoms with Gasteiger partial charge in [-0.3, -0.25) is 4.79 Å². The van der Waals surface area contributed by atoms with Gasteiger partial charge in [-0.15, -0.1) is 0 Å². The van der Waals surface area contributed by atoms with Crippen LogP contribution in [0.15, 0.2) is 34.7 Å².